The van der Waals surface area contributed by atoms with Crippen molar-refractivity contribution in [3.05, 3.63) is 23.7 Å². The van der Waals surface area contributed by atoms with Gasteiger partial charge in [0, 0.05) is 18.3 Å². The molecule has 12 heavy (non-hydrogen) atoms. The van der Waals surface area contributed by atoms with Crippen LogP contribution in [0.1, 0.15) is 0 Å². The normalized spacial score (nSPS) is 16.6. The Balaban J connectivity index is 2.37. The van der Waals surface area contributed by atoms with E-state index in [4.69, 9.17) is 10.5 Å². The topological polar surface area (TPSA) is 47.3 Å². The van der Waals surface area contributed by atoms with Gasteiger partial charge in [-0.25, -0.2) is 8.78 Å². The van der Waals surface area contributed by atoms with Gasteiger partial charge in [-0.15, -0.1) is 0 Å². The molecule has 0 aromatic rings. The van der Waals surface area contributed by atoms with Crippen LogP contribution >= 0.6 is 0 Å². The van der Waals surface area contributed by atoms with Crippen LogP contribution in [0.4, 0.5) is 8.78 Å². The minimum atomic E-state index is -2.46. The Morgan fingerprint density at radius 1 is 1.67 bits per heavy atom. The first-order valence-electron chi connectivity index (χ1n) is 3.50. The lowest BCUT2D eigenvalue weighted by molar-refractivity contribution is 0.0428. The number of nitrogens with two attached hydrogens (primary N) is 1. The van der Waals surface area contributed by atoms with E-state index in [9.17, 15) is 8.78 Å². The number of ether oxygens (including phenoxy) is 1. The van der Waals surface area contributed by atoms with Gasteiger partial charge in [0.2, 0.25) is 0 Å². The summed E-state index contributed by atoms with van der Waals surface area (Å²) in [6, 6.07) is 0. The maximum Gasteiger partial charge on any atom is 0.272 e. The highest BCUT2D eigenvalue weighted by molar-refractivity contribution is 5.21. The van der Waals surface area contributed by atoms with E-state index in [1.165, 1.54) is 6.08 Å². The molecule has 0 saturated carbocycles. The lowest BCUT2D eigenvalue weighted by Gasteiger charge is -2.14. The van der Waals surface area contributed by atoms with Crippen molar-refractivity contribution in [3.63, 3.8) is 0 Å². The Hall–Kier alpha value is -1.26. The Bertz CT molecular complexity index is 213. The number of hydrogen-bond acceptors (Lipinski definition) is 3. The lowest BCUT2D eigenvalue weighted by atomic mass is 10.3. The van der Waals surface area contributed by atoms with E-state index in [1.807, 2.05) is 0 Å². The monoisotopic (exact) mass is 176 g/mol. The molecule has 0 spiro atoms. The quantitative estimate of drug-likeness (QED) is 0.660. The first-order valence-corrected chi connectivity index (χ1v) is 3.50. The van der Waals surface area contributed by atoms with Crippen LogP contribution in [0.5, 0.6) is 0 Å². The van der Waals surface area contributed by atoms with Gasteiger partial charge in [-0.3, -0.25) is 0 Å². The van der Waals surface area contributed by atoms with Gasteiger partial charge >= 0.3 is 0 Å². The van der Waals surface area contributed by atoms with Crippen molar-refractivity contribution < 1.29 is 13.5 Å². The molecule has 68 valence electrons. The molecule has 0 atom stereocenters. The molecular weight excluding hydrogens is 166 g/mol. The fraction of sp³-hybridized carbons (Fsp3) is 0.429. The Labute approximate surface area is 68.9 Å². The number of allylic oxidation sites excluding steroid dienone is 1. The fourth-order valence-corrected chi connectivity index (χ4v) is 0.776. The van der Waals surface area contributed by atoms with Crippen molar-refractivity contribution >= 4 is 0 Å². The van der Waals surface area contributed by atoms with Gasteiger partial charge in [-0.05, 0) is 6.08 Å². The minimum absolute atomic E-state index is 0.301. The predicted molar refractivity (Wildman–Crippen MR) is 40.3 cm³/mol. The van der Waals surface area contributed by atoms with Gasteiger partial charge in [0.15, 0.2) is 12.5 Å². The highest BCUT2D eigenvalue weighted by atomic mass is 19.3. The molecule has 0 aromatic carbocycles. The molecule has 3 nitrogen and oxygen atoms in total. The van der Waals surface area contributed by atoms with E-state index >= 15 is 0 Å². The fourth-order valence-electron chi connectivity index (χ4n) is 0.776. The van der Waals surface area contributed by atoms with Crippen molar-refractivity contribution in [2.75, 3.05) is 13.2 Å². The number of nitrogens with one attached hydrogen (secondary N) is 1. The molecule has 1 rings (SSSR count). The summed E-state index contributed by atoms with van der Waals surface area (Å²) in [5.74, 6) is 0.301. The van der Waals surface area contributed by atoms with Gasteiger partial charge in [0.05, 0.1) is 0 Å². The molecule has 3 N–H and O–H groups in total. The summed E-state index contributed by atoms with van der Waals surface area (Å²) >= 11 is 0. The number of halogens is 2. The summed E-state index contributed by atoms with van der Waals surface area (Å²) in [6.45, 7) is -0.0903. The third-order valence-corrected chi connectivity index (χ3v) is 1.28. The van der Waals surface area contributed by atoms with Crippen LogP contribution in [0.3, 0.4) is 0 Å². The van der Waals surface area contributed by atoms with E-state index < -0.39 is 13.0 Å². The van der Waals surface area contributed by atoms with E-state index in [0.717, 1.165) is 0 Å². The summed E-state index contributed by atoms with van der Waals surface area (Å²) in [4.78, 5) is 0. The van der Waals surface area contributed by atoms with Crippen LogP contribution in [0.2, 0.25) is 0 Å². The standard InChI is InChI=1S/C7H10F2N2O/c8-6(9)4-12-7-3-5(10)1-2-11-7/h1,3,6,11H,2,4,10H2. The molecule has 5 heteroatoms. The zero-order chi connectivity index (χ0) is 8.97. The number of hydrogen-bond donors (Lipinski definition) is 2. The summed E-state index contributed by atoms with van der Waals surface area (Å²) in [6.07, 6.45) is 0.751. The Morgan fingerprint density at radius 3 is 3.00 bits per heavy atom. The maximum absolute atomic E-state index is 11.7. The second kappa shape index (κ2) is 3.94. The molecule has 1 heterocycles. The zero-order valence-corrected chi connectivity index (χ0v) is 6.39. The third-order valence-electron chi connectivity index (χ3n) is 1.28. The first-order chi connectivity index (χ1) is 5.68. The van der Waals surface area contributed by atoms with Crippen molar-refractivity contribution in [1.29, 1.82) is 0 Å². The number of dihydropyridines is 1. The molecule has 1 aliphatic heterocycles. The number of alkyl halides is 2. The van der Waals surface area contributed by atoms with Crippen LogP contribution in [-0.4, -0.2) is 19.6 Å². The lowest BCUT2D eigenvalue weighted by Crippen LogP contribution is -2.22. The van der Waals surface area contributed by atoms with Crippen LogP contribution in [-0.2, 0) is 4.74 Å². The smallest absolute Gasteiger partial charge is 0.272 e. The second-order valence-electron chi connectivity index (χ2n) is 2.30. The molecule has 0 fully saturated rings. The van der Waals surface area contributed by atoms with Gasteiger partial charge < -0.3 is 15.8 Å². The molecule has 0 saturated heterocycles. The SMILES string of the molecule is NC1=CCNC(OCC(F)F)=C1. The Morgan fingerprint density at radius 2 is 2.42 bits per heavy atom. The van der Waals surface area contributed by atoms with Crippen LogP contribution < -0.4 is 11.1 Å². The average molecular weight is 176 g/mol. The van der Waals surface area contributed by atoms with Gasteiger partial charge in [0.25, 0.3) is 6.43 Å². The van der Waals surface area contributed by atoms with Crippen LogP contribution in [0.25, 0.3) is 0 Å². The predicted octanol–water partition coefficient (Wildman–Crippen LogP) is 0.555. The molecular formula is C7H10F2N2O. The third kappa shape index (κ3) is 2.77. The highest BCUT2D eigenvalue weighted by Gasteiger charge is 2.07. The highest BCUT2D eigenvalue weighted by Crippen LogP contribution is 2.04. The van der Waals surface area contributed by atoms with E-state index in [2.05, 4.69) is 5.32 Å². The Kier molecular flexibility index (Phi) is 2.90. The van der Waals surface area contributed by atoms with Crippen molar-refractivity contribution in [2.24, 2.45) is 5.73 Å². The molecule has 0 amide bonds. The first kappa shape index (κ1) is 8.83. The summed E-state index contributed by atoms with van der Waals surface area (Å²) < 4.78 is 28.0. The average Bonchev–Trinajstić information content (AvgIpc) is 2.01. The van der Waals surface area contributed by atoms with Crippen molar-refractivity contribution in [1.82, 2.24) is 5.32 Å². The second-order valence-corrected chi connectivity index (χ2v) is 2.30. The van der Waals surface area contributed by atoms with Gasteiger partial charge in [-0.1, -0.05) is 0 Å². The van der Waals surface area contributed by atoms with Crippen LogP contribution in [0, 0.1) is 0 Å². The van der Waals surface area contributed by atoms with Gasteiger partial charge in [-0.2, -0.15) is 0 Å². The van der Waals surface area contributed by atoms with Crippen molar-refractivity contribution in [3.8, 4) is 0 Å². The zero-order valence-electron chi connectivity index (χ0n) is 6.39. The summed E-state index contributed by atoms with van der Waals surface area (Å²) in [5.41, 5.74) is 5.93. The van der Waals surface area contributed by atoms with Gasteiger partial charge in [0.1, 0.15) is 0 Å². The minimum Gasteiger partial charge on any atom is -0.473 e. The molecule has 0 bridgehead atoms. The summed E-state index contributed by atoms with van der Waals surface area (Å²) in [7, 11) is 0. The molecule has 0 aromatic heterocycles. The van der Waals surface area contributed by atoms with Crippen LogP contribution in [0.15, 0.2) is 23.7 Å². The number of rotatable bonds is 3. The van der Waals surface area contributed by atoms with E-state index in [0.29, 0.717) is 18.1 Å². The summed E-state index contributed by atoms with van der Waals surface area (Å²) in [5, 5.41) is 2.75. The maximum atomic E-state index is 11.7. The molecule has 0 unspecified atom stereocenters. The molecule has 0 radical (unpaired) electrons. The molecule has 1 aliphatic rings. The van der Waals surface area contributed by atoms with Crippen molar-refractivity contribution in [2.45, 2.75) is 6.43 Å². The van der Waals surface area contributed by atoms with E-state index in [1.54, 1.807) is 6.08 Å². The van der Waals surface area contributed by atoms with E-state index in [-0.39, 0.29) is 0 Å². The molecule has 0 aliphatic carbocycles. The largest absolute Gasteiger partial charge is 0.473 e.